The highest BCUT2D eigenvalue weighted by Gasteiger charge is 2.25. The summed E-state index contributed by atoms with van der Waals surface area (Å²) in [4.78, 5) is 0. The fourth-order valence-electron chi connectivity index (χ4n) is 1.06. The summed E-state index contributed by atoms with van der Waals surface area (Å²) in [7, 11) is 0. The van der Waals surface area contributed by atoms with Crippen LogP contribution in [0, 0.1) is 21.2 Å². The molecule has 0 spiro atoms. The molecule has 0 N–H and O–H groups in total. The summed E-state index contributed by atoms with van der Waals surface area (Å²) in [5, 5.41) is 9.09. The quantitative estimate of drug-likeness (QED) is 0.332. The van der Waals surface area contributed by atoms with Crippen molar-refractivity contribution < 1.29 is 9.47 Å². The van der Waals surface area contributed by atoms with Gasteiger partial charge >= 0.3 is 0 Å². The summed E-state index contributed by atoms with van der Waals surface area (Å²) in [5.41, 5.74) is 0.462. The summed E-state index contributed by atoms with van der Waals surface area (Å²) in [5.74, 6) is 2.24. The van der Waals surface area contributed by atoms with Gasteiger partial charge in [-0.25, -0.2) is 0 Å². The zero-order valence-corrected chi connectivity index (χ0v) is 13.9. The van der Waals surface area contributed by atoms with Crippen molar-refractivity contribution in [3.8, 4) is 21.8 Å². The Labute approximate surface area is 128 Å². The Bertz CT molecular complexity index is 511. The molecule has 96 valence electrons. The van der Waals surface area contributed by atoms with E-state index in [1.807, 2.05) is 28.8 Å². The maximum Gasteiger partial charge on any atom is 0.247 e. The van der Waals surface area contributed by atoms with Crippen LogP contribution in [-0.2, 0) is 4.74 Å². The third kappa shape index (κ3) is 4.32. The van der Waals surface area contributed by atoms with Crippen molar-refractivity contribution in [2.24, 2.45) is 0 Å². The van der Waals surface area contributed by atoms with Gasteiger partial charge in [0.25, 0.3) is 0 Å². The molecule has 1 aromatic heterocycles. The summed E-state index contributed by atoms with van der Waals surface area (Å²) in [6.07, 6.45) is 1.90. The number of rotatable bonds is 5. The standard InChI is InChI=1S/C11H11IN2O2S2/c1-11(2,15-6-4-5-12)16-9-8(7-13)10(17-3)18-14-9/h6H2,1-3H3. The Morgan fingerprint density at radius 3 is 2.83 bits per heavy atom. The lowest BCUT2D eigenvalue weighted by molar-refractivity contribution is -0.147. The largest absolute Gasteiger partial charge is 0.444 e. The highest BCUT2D eigenvalue weighted by atomic mass is 127. The van der Waals surface area contributed by atoms with Crippen molar-refractivity contribution in [3.05, 3.63) is 5.56 Å². The van der Waals surface area contributed by atoms with Crippen LogP contribution in [-0.4, -0.2) is 23.0 Å². The van der Waals surface area contributed by atoms with Crippen LogP contribution >= 0.6 is 45.9 Å². The summed E-state index contributed by atoms with van der Waals surface area (Å²) >= 11 is 4.67. The molecule has 1 aromatic rings. The molecule has 0 aromatic carbocycles. The van der Waals surface area contributed by atoms with Crippen molar-refractivity contribution in [3.63, 3.8) is 0 Å². The zero-order chi connectivity index (χ0) is 13.6. The lowest BCUT2D eigenvalue weighted by Crippen LogP contribution is -2.32. The molecule has 4 nitrogen and oxygen atoms in total. The molecule has 0 unspecified atom stereocenters. The summed E-state index contributed by atoms with van der Waals surface area (Å²) < 4.78 is 18.8. The van der Waals surface area contributed by atoms with Crippen molar-refractivity contribution in [1.82, 2.24) is 4.37 Å². The minimum atomic E-state index is -0.865. The van der Waals surface area contributed by atoms with Crippen molar-refractivity contribution in [2.75, 3.05) is 12.9 Å². The summed E-state index contributed by atoms with van der Waals surface area (Å²) in [6, 6.07) is 2.10. The molecule has 0 bridgehead atoms. The molecule has 0 aliphatic rings. The Morgan fingerprint density at radius 1 is 1.56 bits per heavy atom. The van der Waals surface area contributed by atoms with Gasteiger partial charge in [-0.3, -0.25) is 0 Å². The molecular formula is C11H11IN2O2S2. The maximum atomic E-state index is 9.09. The van der Waals surface area contributed by atoms with Gasteiger partial charge in [0.15, 0.2) is 0 Å². The smallest absolute Gasteiger partial charge is 0.247 e. The van der Waals surface area contributed by atoms with Crippen molar-refractivity contribution >= 4 is 45.9 Å². The second-order valence-electron chi connectivity index (χ2n) is 3.53. The van der Waals surface area contributed by atoms with E-state index in [0.717, 1.165) is 4.21 Å². The van der Waals surface area contributed by atoms with Gasteiger partial charge in [0, 0.05) is 36.4 Å². The van der Waals surface area contributed by atoms with E-state index in [1.165, 1.54) is 23.3 Å². The second-order valence-corrected chi connectivity index (χ2v) is 5.92. The Morgan fingerprint density at radius 2 is 2.28 bits per heavy atom. The first-order valence-electron chi connectivity index (χ1n) is 4.89. The number of hydrogen-bond acceptors (Lipinski definition) is 6. The van der Waals surface area contributed by atoms with Crippen LogP contribution in [0.25, 0.3) is 0 Å². The van der Waals surface area contributed by atoms with E-state index in [9.17, 15) is 0 Å². The van der Waals surface area contributed by atoms with E-state index < -0.39 is 5.79 Å². The Kier molecular flexibility index (Phi) is 6.22. The molecule has 7 heteroatoms. The van der Waals surface area contributed by atoms with Crippen molar-refractivity contribution in [2.45, 2.75) is 23.8 Å². The highest BCUT2D eigenvalue weighted by Crippen LogP contribution is 2.33. The monoisotopic (exact) mass is 394 g/mol. The maximum absolute atomic E-state index is 9.09. The van der Waals surface area contributed by atoms with Gasteiger partial charge in [0.05, 0.1) is 0 Å². The minimum absolute atomic E-state index is 0.275. The fraction of sp³-hybridized carbons (Fsp3) is 0.455. The lowest BCUT2D eigenvalue weighted by atomic mass is 10.3. The fourth-order valence-corrected chi connectivity index (χ4v) is 2.48. The summed E-state index contributed by atoms with van der Waals surface area (Å²) in [6.45, 7) is 3.81. The third-order valence-corrected chi connectivity index (χ3v) is 4.13. The number of nitriles is 1. The average molecular weight is 394 g/mol. The van der Waals surface area contributed by atoms with E-state index in [4.69, 9.17) is 14.7 Å². The Hall–Kier alpha value is -0.480. The molecule has 0 radical (unpaired) electrons. The van der Waals surface area contributed by atoms with Crippen LogP contribution in [0.2, 0.25) is 0 Å². The van der Waals surface area contributed by atoms with Crippen LogP contribution in [0.3, 0.4) is 0 Å². The molecule has 1 heterocycles. The lowest BCUT2D eigenvalue weighted by Gasteiger charge is -2.24. The molecule has 1 rings (SSSR count). The number of aromatic nitrogens is 1. The van der Waals surface area contributed by atoms with Crippen LogP contribution in [0.5, 0.6) is 5.88 Å². The SMILES string of the molecule is CSc1snc(OC(C)(C)OCC#CI)c1C#N. The molecule has 18 heavy (non-hydrogen) atoms. The van der Waals surface area contributed by atoms with Gasteiger partial charge in [-0.1, -0.05) is 5.92 Å². The average Bonchev–Trinajstić information content (AvgIpc) is 2.70. The molecule has 0 saturated heterocycles. The zero-order valence-electron chi connectivity index (χ0n) is 10.1. The topological polar surface area (TPSA) is 55.1 Å². The van der Waals surface area contributed by atoms with Gasteiger partial charge in [-0.2, -0.15) is 9.64 Å². The van der Waals surface area contributed by atoms with E-state index in [0.29, 0.717) is 11.4 Å². The molecule has 0 atom stereocenters. The van der Waals surface area contributed by atoms with E-state index >= 15 is 0 Å². The predicted octanol–water partition coefficient (Wildman–Crippen LogP) is 3.26. The van der Waals surface area contributed by atoms with E-state index in [1.54, 1.807) is 13.8 Å². The first-order chi connectivity index (χ1) is 8.54. The van der Waals surface area contributed by atoms with E-state index in [-0.39, 0.29) is 6.61 Å². The molecule has 0 saturated carbocycles. The van der Waals surface area contributed by atoms with E-state index in [2.05, 4.69) is 20.3 Å². The number of ether oxygens (including phenoxy) is 2. The van der Waals surface area contributed by atoms with Crippen LogP contribution in [0.1, 0.15) is 19.4 Å². The van der Waals surface area contributed by atoms with Gasteiger partial charge in [-0.15, -0.1) is 11.8 Å². The number of thioether (sulfide) groups is 1. The van der Waals surface area contributed by atoms with Crippen LogP contribution < -0.4 is 4.74 Å². The van der Waals surface area contributed by atoms with Crippen molar-refractivity contribution in [1.29, 1.82) is 5.26 Å². The molecule has 0 fully saturated rings. The number of nitrogens with zero attached hydrogens (tertiary/aromatic N) is 2. The first kappa shape index (κ1) is 15.6. The van der Waals surface area contributed by atoms with Gasteiger partial charge in [0.2, 0.25) is 11.7 Å². The molecule has 0 aliphatic heterocycles. The van der Waals surface area contributed by atoms with Gasteiger partial charge in [0.1, 0.15) is 22.4 Å². The first-order valence-corrected chi connectivity index (χ1v) is 7.97. The third-order valence-electron chi connectivity index (χ3n) is 1.83. The normalized spacial score (nSPS) is 10.4. The second kappa shape index (κ2) is 7.19. The van der Waals surface area contributed by atoms with Gasteiger partial charge in [-0.05, 0) is 21.7 Å². The number of hydrogen-bond donors (Lipinski definition) is 0. The Balaban J connectivity index is 2.79. The van der Waals surface area contributed by atoms with Gasteiger partial charge < -0.3 is 9.47 Å². The predicted molar refractivity (Wildman–Crippen MR) is 81.1 cm³/mol. The van der Waals surface area contributed by atoms with Crippen LogP contribution in [0.4, 0.5) is 0 Å². The molecule has 0 aliphatic carbocycles. The highest BCUT2D eigenvalue weighted by molar-refractivity contribution is 14.1. The minimum Gasteiger partial charge on any atom is -0.444 e. The molecular weight excluding hydrogens is 383 g/mol. The molecule has 0 amide bonds. The van der Waals surface area contributed by atoms with Crippen LogP contribution in [0.15, 0.2) is 4.21 Å². The number of halogens is 1.